The number of fused-ring (bicyclic) bond motifs is 1. The lowest BCUT2D eigenvalue weighted by molar-refractivity contribution is 0.180. The predicted molar refractivity (Wildman–Crippen MR) is 91.9 cm³/mol. The van der Waals surface area contributed by atoms with Gasteiger partial charge in [0.2, 0.25) is 0 Å². The minimum Gasteiger partial charge on any atom is -0.493 e. The van der Waals surface area contributed by atoms with Crippen LogP contribution in [0.15, 0.2) is 36.4 Å². The highest BCUT2D eigenvalue weighted by atomic mass is 19.1. The fourth-order valence-corrected chi connectivity index (χ4v) is 3.42. The normalized spacial score (nSPS) is 17.4. The van der Waals surface area contributed by atoms with Gasteiger partial charge in [-0.2, -0.15) is 0 Å². The Morgan fingerprint density at radius 3 is 2.58 bits per heavy atom. The van der Waals surface area contributed by atoms with Crippen LogP contribution in [-0.4, -0.2) is 32.2 Å². The van der Waals surface area contributed by atoms with E-state index in [2.05, 4.69) is 4.90 Å². The molecule has 1 heterocycles. The van der Waals surface area contributed by atoms with Gasteiger partial charge in [-0.05, 0) is 47.4 Å². The quantitative estimate of drug-likeness (QED) is 0.916. The van der Waals surface area contributed by atoms with Crippen molar-refractivity contribution in [2.45, 2.75) is 19.0 Å². The molecule has 0 radical (unpaired) electrons. The fourth-order valence-electron chi connectivity index (χ4n) is 3.42. The molecule has 1 unspecified atom stereocenters. The molecule has 24 heavy (non-hydrogen) atoms. The lowest BCUT2D eigenvalue weighted by Crippen LogP contribution is -2.38. The first-order valence-corrected chi connectivity index (χ1v) is 8.09. The maximum Gasteiger partial charge on any atom is 0.161 e. The SMILES string of the molecule is COc1cc2c(cc1OC)C(CN)N(Cc1cccc(F)c1)CC2. The average molecular weight is 330 g/mol. The third-order valence-corrected chi connectivity index (χ3v) is 4.61. The Bertz CT molecular complexity index is 721. The number of methoxy groups -OCH3 is 2. The molecular formula is C19H23FN2O2. The molecule has 5 heteroatoms. The largest absolute Gasteiger partial charge is 0.493 e. The Hall–Kier alpha value is -2.11. The van der Waals surface area contributed by atoms with E-state index in [4.69, 9.17) is 15.2 Å². The first-order valence-electron chi connectivity index (χ1n) is 8.09. The van der Waals surface area contributed by atoms with Crippen LogP contribution in [0.5, 0.6) is 11.5 Å². The van der Waals surface area contributed by atoms with Crippen molar-refractivity contribution in [3.8, 4) is 11.5 Å². The molecule has 0 fully saturated rings. The van der Waals surface area contributed by atoms with Crippen molar-refractivity contribution in [1.82, 2.24) is 4.90 Å². The third kappa shape index (κ3) is 3.23. The van der Waals surface area contributed by atoms with Gasteiger partial charge in [-0.25, -0.2) is 4.39 Å². The fraction of sp³-hybridized carbons (Fsp3) is 0.368. The molecular weight excluding hydrogens is 307 g/mol. The summed E-state index contributed by atoms with van der Waals surface area (Å²) in [5.74, 6) is 1.24. The molecule has 2 aromatic rings. The van der Waals surface area contributed by atoms with Gasteiger partial charge in [-0.15, -0.1) is 0 Å². The van der Waals surface area contributed by atoms with Crippen molar-refractivity contribution in [3.63, 3.8) is 0 Å². The molecule has 0 saturated heterocycles. The number of hydrogen-bond donors (Lipinski definition) is 1. The minimum absolute atomic E-state index is 0.0804. The molecule has 2 N–H and O–H groups in total. The molecule has 0 bridgehead atoms. The second kappa shape index (κ2) is 7.20. The number of benzene rings is 2. The number of hydrogen-bond acceptors (Lipinski definition) is 4. The molecule has 1 aliphatic rings. The molecule has 0 aromatic heterocycles. The number of ether oxygens (including phenoxy) is 2. The smallest absolute Gasteiger partial charge is 0.161 e. The van der Waals surface area contributed by atoms with Crippen LogP contribution in [-0.2, 0) is 13.0 Å². The van der Waals surface area contributed by atoms with Crippen LogP contribution < -0.4 is 15.2 Å². The van der Waals surface area contributed by atoms with E-state index < -0.39 is 0 Å². The number of halogens is 1. The van der Waals surface area contributed by atoms with Gasteiger partial charge in [0.25, 0.3) is 0 Å². The van der Waals surface area contributed by atoms with Crippen LogP contribution in [0.25, 0.3) is 0 Å². The highest BCUT2D eigenvalue weighted by Crippen LogP contribution is 2.38. The summed E-state index contributed by atoms with van der Waals surface area (Å²) < 4.78 is 24.3. The third-order valence-electron chi connectivity index (χ3n) is 4.61. The van der Waals surface area contributed by atoms with E-state index in [-0.39, 0.29) is 11.9 Å². The van der Waals surface area contributed by atoms with Crippen molar-refractivity contribution in [1.29, 1.82) is 0 Å². The highest BCUT2D eigenvalue weighted by Gasteiger charge is 2.28. The Balaban J connectivity index is 1.91. The van der Waals surface area contributed by atoms with E-state index in [1.165, 1.54) is 11.6 Å². The average Bonchev–Trinajstić information content (AvgIpc) is 2.60. The summed E-state index contributed by atoms with van der Waals surface area (Å²) in [5.41, 5.74) is 9.42. The van der Waals surface area contributed by atoms with Crippen molar-refractivity contribution in [3.05, 3.63) is 58.9 Å². The summed E-state index contributed by atoms with van der Waals surface area (Å²) in [5, 5.41) is 0. The van der Waals surface area contributed by atoms with Gasteiger partial charge >= 0.3 is 0 Å². The zero-order chi connectivity index (χ0) is 17.1. The van der Waals surface area contributed by atoms with Crippen LogP contribution in [0.2, 0.25) is 0 Å². The van der Waals surface area contributed by atoms with E-state index in [0.717, 1.165) is 29.8 Å². The number of rotatable bonds is 5. The summed E-state index contributed by atoms with van der Waals surface area (Å²) in [7, 11) is 3.28. The first-order chi connectivity index (χ1) is 11.7. The van der Waals surface area contributed by atoms with E-state index in [0.29, 0.717) is 18.8 Å². The monoisotopic (exact) mass is 330 g/mol. The van der Waals surface area contributed by atoms with Gasteiger partial charge in [0.1, 0.15) is 5.82 Å². The van der Waals surface area contributed by atoms with Crippen molar-refractivity contribution in [2.24, 2.45) is 5.73 Å². The van der Waals surface area contributed by atoms with Crippen LogP contribution in [0.1, 0.15) is 22.7 Å². The molecule has 0 saturated carbocycles. The Labute approximate surface area is 142 Å². The van der Waals surface area contributed by atoms with Crippen molar-refractivity contribution < 1.29 is 13.9 Å². The molecule has 0 spiro atoms. The summed E-state index contributed by atoms with van der Waals surface area (Å²) in [6, 6.07) is 10.9. The van der Waals surface area contributed by atoms with Crippen molar-refractivity contribution >= 4 is 0 Å². The second-order valence-corrected chi connectivity index (χ2v) is 6.01. The minimum atomic E-state index is -0.208. The van der Waals surface area contributed by atoms with Gasteiger partial charge in [0, 0.05) is 25.7 Å². The van der Waals surface area contributed by atoms with Gasteiger partial charge in [-0.3, -0.25) is 4.90 Å². The summed E-state index contributed by atoms with van der Waals surface area (Å²) in [6.45, 7) is 2.05. The van der Waals surface area contributed by atoms with Crippen LogP contribution in [0.4, 0.5) is 4.39 Å². The van der Waals surface area contributed by atoms with E-state index >= 15 is 0 Å². The predicted octanol–water partition coefficient (Wildman–Crippen LogP) is 2.90. The molecule has 1 atom stereocenters. The molecule has 4 nitrogen and oxygen atoms in total. The Kier molecular flexibility index (Phi) is 5.02. The molecule has 3 rings (SSSR count). The lowest BCUT2D eigenvalue weighted by atomic mass is 9.91. The molecule has 0 amide bonds. The number of nitrogens with two attached hydrogens (primary N) is 1. The lowest BCUT2D eigenvalue weighted by Gasteiger charge is -2.37. The summed E-state index contributed by atoms with van der Waals surface area (Å²) >= 11 is 0. The van der Waals surface area contributed by atoms with E-state index in [1.54, 1.807) is 26.4 Å². The van der Waals surface area contributed by atoms with Crippen LogP contribution in [0, 0.1) is 5.82 Å². The summed E-state index contributed by atoms with van der Waals surface area (Å²) in [6.07, 6.45) is 0.904. The summed E-state index contributed by atoms with van der Waals surface area (Å²) in [4.78, 5) is 2.29. The highest BCUT2D eigenvalue weighted by molar-refractivity contribution is 5.49. The van der Waals surface area contributed by atoms with Gasteiger partial charge in [-0.1, -0.05) is 12.1 Å². The van der Waals surface area contributed by atoms with E-state index in [9.17, 15) is 4.39 Å². The second-order valence-electron chi connectivity index (χ2n) is 6.01. The Morgan fingerprint density at radius 2 is 1.92 bits per heavy atom. The maximum absolute atomic E-state index is 13.4. The zero-order valence-electron chi connectivity index (χ0n) is 14.1. The van der Waals surface area contributed by atoms with Crippen LogP contribution in [0.3, 0.4) is 0 Å². The molecule has 0 aliphatic carbocycles. The van der Waals surface area contributed by atoms with Gasteiger partial charge in [0.15, 0.2) is 11.5 Å². The van der Waals surface area contributed by atoms with Crippen LogP contribution >= 0.6 is 0 Å². The topological polar surface area (TPSA) is 47.7 Å². The number of nitrogens with zero attached hydrogens (tertiary/aromatic N) is 1. The van der Waals surface area contributed by atoms with E-state index in [1.807, 2.05) is 18.2 Å². The first kappa shape index (κ1) is 16.7. The zero-order valence-corrected chi connectivity index (χ0v) is 14.1. The van der Waals surface area contributed by atoms with Crippen molar-refractivity contribution in [2.75, 3.05) is 27.3 Å². The van der Waals surface area contributed by atoms with Gasteiger partial charge < -0.3 is 15.2 Å². The maximum atomic E-state index is 13.4. The molecule has 1 aliphatic heterocycles. The Morgan fingerprint density at radius 1 is 1.17 bits per heavy atom. The molecule has 2 aromatic carbocycles. The standard InChI is InChI=1S/C19H23FN2O2/c1-23-18-9-14-6-7-22(12-13-4-3-5-15(20)8-13)17(11-21)16(14)10-19(18)24-2/h3-5,8-10,17H,6-7,11-12,21H2,1-2H3. The molecule has 128 valence electrons. The van der Waals surface area contributed by atoms with Gasteiger partial charge in [0.05, 0.1) is 14.2 Å².